The Labute approximate surface area is 111 Å². The van der Waals surface area contributed by atoms with Crippen LogP contribution in [0.3, 0.4) is 0 Å². The van der Waals surface area contributed by atoms with Crippen molar-refractivity contribution < 1.29 is 4.79 Å². The first-order valence-corrected chi connectivity index (χ1v) is 7.08. The summed E-state index contributed by atoms with van der Waals surface area (Å²) < 4.78 is 2.94. The Morgan fingerprint density at radius 2 is 2.24 bits per heavy atom. The fourth-order valence-corrected chi connectivity index (χ4v) is 2.87. The number of nitrogens with zero attached hydrogens (tertiary/aromatic N) is 1. The van der Waals surface area contributed by atoms with E-state index in [1.165, 1.54) is 6.42 Å². The SMILES string of the molecule is CCn1cc(Br)cc1C(=O)NC1(CC)CCC1. The second-order valence-corrected chi connectivity index (χ2v) is 5.69. The summed E-state index contributed by atoms with van der Waals surface area (Å²) in [4.78, 5) is 12.3. The van der Waals surface area contributed by atoms with Gasteiger partial charge >= 0.3 is 0 Å². The molecule has 0 atom stereocenters. The van der Waals surface area contributed by atoms with E-state index in [1.54, 1.807) is 0 Å². The zero-order chi connectivity index (χ0) is 12.5. The van der Waals surface area contributed by atoms with Gasteiger partial charge in [-0.05, 0) is 54.6 Å². The number of nitrogens with one attached hydrogen (secondary N) is 1. The third kappa shape index (κ3) is 2.41. The van der Waals surface area contributed by atoms with Crippen molar-refractivity contribution in [3.8, 4) is 0 Å². The van der Waals surface area contributed by atoms with Gasteiger partial charge in [0.1, 0.15) is 5.69 Å². The Morgan fingerprint density at radius 3 is 2.71 bits per heavy atom. The summed E-state index contributed by atoms with van der Waals surface area (Å²) in [6, 6.07) is 1.89. The molecule has 0 aromatic carbocycles. The Bertz CT molecular complexity index is 416. The van der Waals surface area contributed by atoms with E-state index in [0.29, 0.717) is 0 Å². The number of carbonyl (C=O) groups is 1. The molecule has 1 aromatic rings. The molecule has 1 fully saturated rings. The minimum atomic E-state index is 0.0547. The zero-order valence-corrected chi connectivity index (χ0v) is 12.0. The third-order valence-electron chi connectivity index (χ3n) is 3.80. The number of amides is 1. The van der Waals surface area contributed by atoms with Gasteiger partial charge < -0.3 is 9.88 Å². The van der Waals surface area contributed by atoms with E-state index in [9.17, 15) is 4.79 Å². The van der Waals surface area contributed by atoms with Crippen LogP contribution in [0.2, 0.25) is 0 Å². The van der Waals surface area contributed by atoms with Crippen LogP contribution in [-0.2, 0) is 6.54 Å². The van der Waals surface area contributed by atoms with Crippen LogP contribution in [0.25, 0.3) is 0 Å². The topological polar surface area (TPSA) is 34.0 Å². The summed E-state index contributed by atoms with van der Waals surface area (Å²) in [5.74, 6) is 0.0547. The molecule has 1 aliphatic rings. The van der Waals surface area contributed by atoms with Crippen molar-refractivity contribution in [1.29, 1.82) is 0 Å². The van der Waals surface area contributed by atoms with Crippen molar-refractivity contribution >= 4 is 21.8 Å². The van der Waals surface area contributed by atoms with Gasteiger partial charge in [-0.1, -0.05) is 6.92 Å². The molecule has 0 spiro atoms. The van der Waals surface area contributed by atoms with Crippen molar-refractivity contribution in [1.82, 2.24) is 9.88 Å². The number of aromatic nitrogens is 1. The van der Waals surface area contributed by atoms with Crippen LogP contribution in [0.1, 0.15) is 50.0 Å². The first-order valence-electron chi connectivity index (χ1n) is 6.28. The zero-order valence-electron chi connectivity index (χ0n) is 10.4. The van der Waals surface area contributed by atoms with E-state index in [0.717, 1.165) is 36.0 Å². The molecule has 1 saturated carbocycles. The van der Waals surface area contributed by atoms with Crippen LogP contribution in [-0.4, -0.2) is 16.0 Å². The van der Waals surface area contributed by atoms with Crippen LogP contribution in [0.5, 0.6) is 0 Å². The van der Waals surface area contributed by atoms with Crippen LogP contribution < -0.4 is 5.32 Å². The van der Waals surface area contributed by atoms with Gasteiger partial charge in [-0.25, -0.2) is 0 Å². The van der Waals surface area contributed by atoms with Crippen molar-refractivity contribution in [3.63, 3.8) is 0 Å². The van der Waals surface area contributed by atoms with Crippen LogP contribution >= 0.6 is 15.9 Å². The maximum Gasteiger partial charge on any atom is 0.268 e. The highest BCUT2D eigenvalue weighted by Crippen LogP contribution is 2.35. The molecule has 0 unspecified atom stereocenters. The lowest BCUT2D eigenvalue weighted by Gasteiger charge is -2.42. The molecular formula is C13H19BrN2O. The monoisotopic (exact) mass is 298 g/mol. The molecule has 1 N–H and O–H groups in total. The summed E-state index contributed by atoms with van der Waals surface area (Å²) in [6.07, 6.45) is 6.43. The number of hydrogen-bond acceptors (Lipinski definition) is 1. The minimum absolute atomic E-state index is 0.0547. The smallest absolute Gasteiger partial charge is 0.268 e. The molecule has 1 aliphatic carbocycles. The number of rotatable bonds is 4. The van der Waals surface area contributed by atoms with Gasteiger partial charge in [-0.3, -0.25) is 4.79 Å². The summed E-state index contributed by atoms with van der Waals surface area (Å²) in [6.45, 7) is 5.00. The second kappa shape index (κ2) is 4.84. The lowest BCUT2D eigenvalue weighted by Crippen LogP contribution is -2.53. The van der Waals surface area contributed by atoms with Gasteiger partial charge in [0.2, 0.25) is 0 Å². The van der Waals surface area contributed by atoms with Crippen molar-refractivity contribution in [2.45, 2.75) is 51.6 Å². The first kappa shape index (κ1) is 12.7. The van der Waals surface area contributed by atoms with Crippen molar-refractivity contribution in [2.24, 2.45) is 0 Å². The number of aryl methyl sites for hydroxylation is 1. The third-order valence-corrected chi connectivity index (χ3v) is 4.24. The highest BCUT2D eigenvalue weighted by atomic mass is 79.9. The predicted octanol–water partition coefficient (Wildman–Crippen LogP) is 3.33. The van der Waals surface area contributed by atoms with Crippen molar-refractivity contribution in [3.05, 3.63) is 22.4 Å². The lowest BCUT2D eigenvalue weighted by molar-refractivity contribution is 0.0811. The van der Waals surface area contributed by atoms with E-state index in [4.69, 9.17) is 0 Å². The highest BCUT2D eigenvalue weighted by molar-refractivity contribution is 9.10. The molecular weight excluding hydrogens is 280 g/mol. The molecule has 0 radical (unpaired) electrons. The number of hydrogen-bond donors (Lipinski definition) is 1. The van der Waals surface area contributed by atoms with Gasteiger partial charge in [0, 0.05) is 22.8 Å². The largest absolute Gasteiger partial charge is 0.345 e. The maximum absolute atomic E-state index is 12.3. The molecule has 17 heavy (non-hydrogen) atoms. The quantitative estimate of drug-likeness (QED) is 0.909. The van der Waals surface area contributed by atoms with Crippen LogP contribution in [0.4, 0.5) is 0 Å². The van der Waals surface area contributed by atoms with Crippen LogP contribution in [0.15, 0.2) is 16.7 Å². The van der Waals surface area contributed by atoms with Gasteiger partial charge in [0.15, 0.2) is 0 Å². The van der Waals surface area contributed by atoms with Crippen molar-refractivity contribution in [2.75, 3.05) is 0 Å². The highest BCUT2D eigenvalue weighted by Gasteiger charge is 2.37. The standard InChI is InChI=1S/C13H19BrN2O/c1-3-13(6-5-7-13)15-12(17)11-8-10(14)9-16(11)4-2/h8-9H,3-7H2,1-2H3,(H,15,17). The maximum atomic E-state index is 12.3. The number of carbonyl (C=O) groups excluding carboxylic acids is 1. The molecule has 4 heteroatoms. The van der Waals surface area contributed by atoms with Gasteiger partial charge in [0.05, 0.1) is 0 Å². The Balaban J connectivity index is 2.14. The summed E-state index contributed by atoms with van der Waals surface area (Å²) in [5, 5.41) is 3.20. The predicted molar refractivity (Wildman–Crippen MR) is 72.1 cm³/mol. The van der Waals surface area contributed by atoms with Gasteiger partial charge in [-0.15, -0.1) is 0 Å². The summed E-state index contributed by atoms with van der Waals surface area (Å²) >= 11 is 3.42. The lowest BCUT2D eigenvalue weighted by atomic mass is 9.75. The molecule has 2 rings (SSSR count). The Hall–Kier alpha value is -0.770. The summed E-state index contributed by atoms with van der Waals surface area (Å²) in [5.41, 5.74) is 0.811. The van der Waals surface area contributed by atoms with E-state index >= 15 is 0 Å². The molecule has 0 saturated heterocycles. The normalized spacial score (nSPS) is 17.6. The van der Waals surface area contributed by atoms with E-state index in [2.05, 4.69) is 28.2 Å². The number of halogens is 1. The molecule has 1 amide bonds. The van der Waals surface area contributed by atoms with Gasteiger partial charge in [-0.2, -0.15) is 0 Å². The van der Waals surface area contributed by atoms with Crippen LogP contribution in [0, 0.1) is 0 Å². The van der Waals surface area contributed by atoms with E-state index < -0.39 is 0 Å². The Morgan fingerprint density at radius 1 is 1.53 bits per heavy atom. The summed E-state index contributed by atoms with van der Waals surface area (Å²) in [7, 11) is 0. The average Bonchev–Trinajstić information content (AvgIpc) is 2.65. The fourth-order valence-electron chi connectivity index (χ4n) is 2.40. The van der Waals surface area contributed by atoms with E-state index in [1.807, 2.05) is 23.8 Å². The minimum Gasteiger partial charge on any atom is -0.345 e. The molecule has 3 nitrogen and oxygen atoms in total. The van der Waals surface area contributed by atoms with E-state index in [-0.39, 0.29) is 11.4 Å². The van der Waals surface area contributed by atoms with Gasteiger partial charge in [0.25, 0.3) is 5.91 Å². The second-order valence-electron chi connectivity index (χ2n) is 4.77. The molecule has 1 aromatic heterocycles. The first-order chi connectivity index (χ1) is 8.10. The molecule has 0 aliphatic heterocycles. The fraction of sp³-hybridized carbons (Fsp3) is 0.615. The Kier molecular flexibility index (Phi) is 3.61. The molecule has 94 valence electrons. The molecule has 1 heterocycles. The molecule has 0 bridgehead atoms. The average molecular weight is 299 g/mol.